The molecule has 1 aromatic carbocycles. The second-order valence-corrected chi connectivity index (χ2v) is 6.93. The van der Waals surface area contributed by atoms with Crippen LogP contribution in [0.3, 0.4) is 0 Å². The first-order valence-corrected chi connectivity index (χ1v) is 8.95. The Hall–Kier alpha value is -2.47. The summed E-state index contributed by atoms with van der Waals surface area (Å²) < 4.78 is 4.07. The number of aromatic nitrogens is 5. The average Bonchev–Trinajstić information content (AvgIpc) is 3.24. The van der Waals surface area contributed by atoms with Gasteiger partial charge in [-0.15, -0.1) is 0 Å². The quantitative estimate of drug-likeness (QED) is 0.560. The van der Waals surface area contributed by atoms with Crippen LogP contribution in [0.15, 0.2) is 36.7 Å². The number of aryl methyl sites for hydroxylation is 3. The lowest BCUT2D eigenvalue weighted by Gasteiger charge is -2.06. The van der Waals surface area contributed by atoms with E-state index in [2.05, 4.69) is 54.4 Å². The maximum Gasteiger partial charge on any atom is 0.194 e. The molecule has 5 nitrogen and oxygen atoms in total. The first-order valence-electron chi connectivity index (χ1n) is 8.13. The van der Waals surface area contributed by atoms with E-state index in [0.29, 0.717) is 0 Å². The van der Waals surface area contributed by atoms with Crippen molar-refractivity contribution >= 4 is 16.3 Å². The molecule has 0 bridgehead atoms. The lowest BCUT2D eigenvalue weighted by Crippen LogP contribution is -2.00. The van der Waals surface area contributed by atoms with E-state index in [9.17, 15) is 0 Å². The molecule has 0 radical (unpaired) electrons. The van der Waals surface area contributed by atoms with Crippen molar-refractivity contribution < 1.29 is 0 Å². The van der Waals surface area contributed by atoms with Crippen LogP contribution in [0.1, 0.15) is 30.4 Å². The topological polar surface area (TPSA) is 48.0 Å². The van der Waals surface area contributed by atoms with Gasteiger partial charge < -0.3 is 0 Å². The molecule has 3 aromatic heterocycles. The molecule has 0 atom stereocenters. The van der Waals surface area contributed by atoms with Crippen molar-refractivity contribution in [2.24, 2.45) is 0 Å². The van der Waals surface area contributed by atoms with E-state index in [1.54, 1.807) is 11.3 Å². The van der Waals surface area contributed by atoms with Crippen molar-refractivity contribution in [1.29, 1.82) is 0 Å². The zero-order valence-electron chi connectivity index (χ0n) is 14.0. The molecule has 0 saturated heterocycles. The van der Waals surface area contributed by atoms with Gasteiger partial charge in [-0.25, -0.2) is 14.6 Å². The van der Waals surface area contributed by atoms with Crippen LogP contribution in [0.5, 0.6) is 0 Å². The maximum absolute atomic E-state index is 4.83. The molecule has 0 spiro atoms. The van der Waals surface area contributed by atoms with Gasteiger partial charge in [-0.05, 0) is 38.0 Å². The summed E-state index contributed by atoms with van der Waals surface area (Å²) in [5.74, 6) is 1.79. The van der Waals surface area contributed by atoms with E-state index in [1.165, 1.54) is 5.56 Å². The van der Waals surface area contributed by atoms with Crippen molar-refractivity contribution in [1.82, 2.24) is 24.1 Å². The van der Waals surface area contributed by atoms with Crippen LogP contribution in [0.25, 0.3) is 21.3 Å². The largest absolute Gasteiger partial charge is 0.294 e. The van der Waals surface area contributed by atoms with Crippen molar-refractivity contribution in [3.05, 3.63) is 53.7 Å². The first-order chi connectivity index (χ1) is 11.7. The van der Waals surface area contributed by atoms with E-state index >= 15 is 0 Å². The number of imidazole rings is 1. The van der Waals surface area contributed by atoms with Gasteiger partial charge in [0.25, 0.3) is 0 Å². The summed E-state index contributed by atoms with van der Waals surface area (Å²) in [5.41, 5.74) is 3.41. The van der Waals surface area contributed by atoms with E-state index in [1.807, 2.05) is 17.1 Å². The highest BCUT2D eigenvalue weighted by molar-refractivity contribution is 7.20. The van der Waals surface area contributed by atoms with E-state index in [-0.39, 0.29) is 0 Å². The Balaban J connectivity index is 1.93. The Morgan fingerprint density at radius 2 is 2.08 bits per heavy atom. The molecule has 4 rings (SSSR count). The number of nitrogens with zero attached hydrogens (tertiary/aromatic N) is 5. The number of fused-ring (bicyclic) bond motifs is 1. The molecule has 6 heteroatoms. The highest BCUT2D eigenvalue weighted by atomic mass is 32.1. The molecule has 0 N–H and O–H groups in total. The third kappa shape index (κ3) is 2.43. The monoisotopic (exact) mass is 337 g/mol. The number of hydrogen-bond acceptors (Lipinski definition) is 4. The minimum absolute atomic E-state index is 0.882. The summed E-state index contributed by atoms with van der Waals surface area (Å²) >= 11 is 1.66. The van der Waals surface area contributed by atoms with Crippen LogP contribution >= 0.6 is 11.3 Å². The minimum atomic E-state index is 0.882. The van der Waals surface area contributed by atoms with Crippen molar-refractivity contribution in [2.45, 2.75) is 33.6 Å². The average molecular weight is 337 g/mol. The van der Waals surface area contributed by atoms with E-state index < -0.39 is 0 Å². The molecule has 0 aliphatic heterocycles. The summed E-state index contributed by atoms with van der Waals surface area (Å²) in [6.07, 6.45) is 5.73. The van der Waals surface area contributed by atoms with E-state index in [4.69, 9.17) is 10.1 Å². The van der Waals surface area contributed by atoms with Gasteiger partial charge >= 0.3 is 0 Å². The molecule has 0 aliphatic carbocycles. The summed E-state index contributed by atoms with van der Waals surface area (Å²) in [5, 5.41) is 4.77. The normalized spacial score (nSPS) is 11.5. The summed E-state index contributed by atoms with van der Waals surface area (Å²) in [6.45, 7) is 6.35. The molecule has 0 unspecified atom stereocenters. The van der Waals surface area contributed by atoms with Gasteiger partial charge in [0.15, 0.2) is 16.6 Å². The molecular weight excluding hydrogens is 318 g/mol. The maximum atomic E-state index is 4.83. The van der Waals surface area contributed by atoms with Crippen molar-refractivity contribution in [3.63, 3.8) is 0 Å². The van der Waals surface area contributed by atoms with Crippen LogP contribution in [-0.2, 0) is 6.42 Å². The Morgan fingerprint density at radius 3 is 2.83 bits per heavy atom. The zero-order chi connectivity index (χ0) is 16.7. The smallest absolute Gasteiger partial charge is 0.194 e. The van der Waals surface area contributed by atoms with Gasteiger partial charge in [0.05, 0.1) is 10.6 Å². The third-order valence-corrected chi connectivity index (χ3v) is 5.23. The molecule has 0 amide bonds. The van der Waals surface area contributed by atoms with Crippen LogP contribution in [-0.4, -0.2) is 24.1 Å². The molecule has 0 saturated carbocycles. The second kappa shape index (κ2) is 5.87. The zero-order valence-corrected chi connectivity index (χ0v) is 14.8. The van der Waals surface area contributed by atoms with Crippen LogP contribution in [0.4, 0.5) is 0 Å². The van der Waals surface area contributed by atoms with Crippen molar-refractivity contribution in [2.75, 3.05) is 0 Å². The molecule has 24 heavy (non-hydrogen) atoms. The lowest BCUT2D eigenvalue weighted by atomic mass is 10.2. The third-order valence-electron chi connectivity index (χ3n) is 4.06. The van der Waals surface area contributed by atoms with Gasteiger partial charge in [-0.2, -0.15) is 5.10 Å². The SMILES string of the molecule is CCCc1nc(-c2sc3nccn3c2C)n(-c2cccc(C)c2)n1. The van der Waals surface area contributed by atoms with Crippen LogP contribution in [0.2, 0.25) is 0 Å². The molecule has 3 heterocycles. The number of hydrogen-bond donors (Lipinski definition) is 0. The van der Waals surface area contributed by atoms with Gasteiger partial charge in [0, 0.05) is 24.5 Å². The minimum Gasteiger partial charge on any atom is -0.294 e. The van der Waals surface area contributed by atoms with Gasteiger partial charge in [0.2, 0.25) is 0 Å². The summed E-state index contributed by atoms with van der Waals surface area (Å²) in [7, 11) is 0. The number of rotatable bonds is 4. The Kier molecular flexibility index (Phi) is 3.69. The fraction of sp³-hybridized carbons (Fsp3) is 0.278. The standard InChI is InChI=1S/C18H19N5S/c1-4-6-15-20-17(16-13(3)22-10-9-19-18(22)24-16)23(21-15)14-8-5-7-12(2)11-14/h5,7-11H,4,6H2,1-3H3. The van der Waals surface area contributed by atoms with Crippen molar-refractivity contribution in [3.8, 4) is 16.4 Å². The molecule has 4 aromatic rings. The Labute approximate surface area is 144 Å². The fourth-order valence-corrected chi connectivity index (χ4v) is 3.94. The summed E-state index contributed by atoms with van der Waals surface area (Å²) in [6, 6.07) is 8.37. The fourth-order valence-electron chi connectivity index (χ4n) is 2.87. The van der Waals surface area contributed by atoms with Gasteiger partial charge in [0.1, 0.15) is 0 Å². The predicted octanol–water partition coefficient (Wildman–Crippen LogP) is 4.21. The van der Waals surface area contributed by atoms with Crippen LogP contribution < -0.4 is 0 Å². The van der Waals surface area contributed by atoms with Gasteiger partial charge in [-0.3, -0.25) is 4.40 Å². The molecular formula is C18H19N5S. The molecule has 0 fully saturated rings. The predicted molar refractivity (Wildman–Crippen MR) is 96.9 cm³/mol. The number of benzene rings is 1. The Bertz CT molecular complexity index is 1010. The van der Waals surface area contributed by atoms with E-state index in [0.717, 1.165) is 45.7 Å². The van der Waals surface area contributed by atoms with Gasteiger partial charge in [-0.1, -0.05) is 30.4 Å². The molecule has 122 valence electrons. The highest BCUT2D eigenvalue weighted by Crippen LogP contribution is 2.32. The number of thiazole rings is 1. The summed E-state index contributed by atoms with van der Waals surface area (Å²) in [4.78, 5) is 11.3. The second-order valence-electron chi connectivity index (χ2n) is 5.95. The van der Waals surface area contributed by atoms with Crippen LogP contribution in [0, 0.1) is 13.8 Å². The highest BCUT2D eigenvalue weighted by Gasteiger charge is 2.19. The Morgan fingerprint density at radius 1 is 1.21 bits per heavy atom. The first kappa shape index (κ1) is 15.1. The molecule has 0 aliphatic rings. The lowest BCUT2D eigenvalue weighted by molar-refractivity contribution is 0.800.